The maximum absolute atomic E-state index is 13.1. The predicted octanol–water partition coefficient (Wildman–Crippen LogP) is 4.12. The average Bonchev–Trinajstić information content (AvgIpc) is 3.50. The number of benzene rings is 2. The highest BCUT2D eigenvalue weighted by Gasteiger charge is 2.43. The molecule has 3 aromatic rings. The summed E-state index contributed by atoms with van der Waals surface area (Å²) in [6.07, 6.45) is 4.40. The van der Waals surface area contributed by atoms with Crippen LogP contribution < -0.4 is 20.3 Å². The predicted molar refractivity (Wildman–Crippen MR) is 125 cm³/mol. The highest BCUT2D eigenvalue weighted by atomic mass is 16.5. The molecular formula is C26H27N3O4. The van der Waals surface area contributed by atoms with E-state index in [1.807, 2.05) is 36.4 Å². The lowest BCUT2D eigenvalue weighted by atomic mass is 9.88. The summed E-state index contributed by atoms with van der Waals surface area (Å²) < 4.78 is 10.7. The van der Waals surface area contributed by atoms with Gasteiger partial charge in [-0.15, -0.1) is 0 Å². The third kappa shape index (κ3) is 3.99. The van der Waals surface area contributed by atoms with Gasteiger partial charge in [0.25, 0.3) is 5.91 Å². The Morgan fingerprint density at radius 3 is 2.48 bits per heavy atom. The number of aromatic nitrogens is 1. The Bertz CT molecular complexity index is 1230. The van der Waals surface area contributed by atoms with E-state index in [1.165, 1.54) is 6.42 Å². The fourth-order valence-electron chi connectivity index (χ4n) is 5.35. The summed E-state index contributed by atoms with van der Waals surface area (Å²) in [7, 11) is 3.16. The van der Waals surface area contributed by atoms with Crippen molar-refractivity contribution in [2.45, 2.75) is 25.7 Å². The Kier molecular flexibility index (Phi) is 5.62. The van der Waals surface area contributed by atoms with Gasteiger partial charge in [-0.25, -0.2) is 4.98 Å². The molecule has 2 aromatic carbocycles. The molecule has 2 bridgehead atoms. The fourth-order valence-corrected chi connectivity index (χ4v) is 5.35. The lowest BCUT2D eigenvalue weighted by Crippen LogP contribution is -2.45. The average molecular weight is 446 g/mol. The van der Waals surface area contributed by atoms with Crippen LogP contribution in [0.5, 0.6) is 11.5 Å². The number of carbonyl (C=O) groups excluding carboxylic acids is 2. The number of methoxy groups -OCH3 is 2. The van der Waals surface area contributed by atoms with Crippen LogP contribution in [0.15, 0.2) is 48.5 Å². The van der Waals surface area contributed by atoms with Gasteiger partial charge in [0, 0.05) is 16.9 Å². The molecule has 0 aliphatic heterocycles. The van der Waals surface area contributed by atoms with Crippen LogP contribution in [0.2, 0.25) is 0 Å². The molecule has 1 heterocycles. The van der Waals surface area contributed by atoms with Gasteiger partial charge in [-0.05, 0) is 61.4 Å². The van der Waals surface area contributed by atoms with Gasteiger partial charge in [0.15, 0.2) is 11.5 Å². The topological polar surface area (TPSA) is 89.6 Å². The van der Waals surface area contributed by atoms with Crippen molar-refractivity contribution < 1.29 is 19.1 Å². The maximum atomic E-state index is 13.1. The van der Waals surface area contributed by atoms with E-state index in [4.69, 9.17) is 14.5 Å². The molecule has 2 aliphatic carbocycles. The molecule has 2 N–H and O–H groups in total. The maximum Gasteiger partial charge on any atom is 0.270 e. The quantitative estimate of drug-likeness (QED) is 0.577. The molecule has 3 atom stereocenters. The van der Waals surface area contributed by atoms with Crippen molar-refractivity contribution in [1.82, 2.24) is 15.8 Å². The fraction of sp³-hybridized carbons (Fsp3) is 0.346. The van der Waals surface area contributed by atoms with E-state index in [2.05, 4.69) is 10.9 Å². The second kappa shape index (κ2) is 8.73. The van der Waals surface area contributed by atoms with Crippen molar-refractivity contribution in [1.29, 1.82) is 0 Å². The van der Waals surface area contributed by atoms with Crippen LogP contribution in [0.25, 0.3) is 22.2 Å². The number of fused-ring (bicyclic) bond motifs is 3. The minimum atomic E-state index is -0.369. The van der Waals surface area contributed by atoms with Crippen LogP contribution in [0.1, 0.15) is 36.0 Å². The molecule has 1 aromatic heterocycles. The van der Waals surface area contributed by atoms with Gasteiger partial charge in [-0.3, -0.25) is 20.4 Å². The number of hydrogen-bond donors (Lipinski definition) is 2. The van der Waals surface area contributed by atoms with Crippen molar-refractivity contribution in [3.63, 3.8) is 0 Å². The minimum Gasteiger partial charge on any atom is -0.493 e. The third-order valence-corrected chi connectivity index (χ3v) is 7.01. The van der Waals surface area contributed by atoms with Crippen LogP contribution in [-0.4, -0.2) is 31.0 Å². The molecule has 0 radical (unpaired) electrons. The van der Waals surface area contributed by atoms with Crippen molar-refractivity contribution in [3.05, 3.63) is 54.1 Å². The SMILES string of the molecule is COc1ccc(-c2cc(C(=O)NNC(=O)C3CC4CCC3C4)c3ccccc3n2)cc1OC. The van der Waals surface area contributed by atoms with E-state index >= 15 is 0 Å². The monoisotopic (exact) mass is 445 g/mol. The Labute approximate surface area is 192 Å². The van der Waals surface area contributed by atoms with Crippen LogP contribution >= 0.6 is 0 Å². The zero-order valence-corrected chi connectivity index (χ0v) is 18.8. The first-order valence-corrected chi connectivity index (χ1v) is 11.3. The van der Waals surface area contributed by atoms with E-state index in [0.717, 1.165) is 24.8 Å². The molecular weight excluding hydrogens is 418 g/mol. The Morgan fingerprint density at radius 2 is 1.76 bits per heavy atom. The van der Waals surface area contributed by atoms with E-state index in [-0.39, 0.29) is 17.7 Å². The van der Waals surface area contributed by atoms with Crippen molar-refractivity contribution in [2.75, 3.05) is 14.2 Å². The molecule has 3 unspecified atom stereocenters. The van der Waals surface area contributed by atoms with Gasteiger partial charge in [0.2, 0.25) is 5.91 Å². The summed E-state index contributed by atoms with van der Waals surface area (Å²) in [4.78, 5) is 30.6. The summed E-state index contributed by atoms with van der Waals surface area (Å²) >= 11 is 0. The van der Waals surface area contributed by atoms with Gasteiger partial charge in [-0.1, -0.05) is 24.6 Å². The number of rotatable bonds is 5. The second-order valence-electron chi connectivity index (χ2n) is 8.87. The first-order valence-electron chi connectivity index (χ1n) is 11.3. The molecule has 2 amide bonds. The van der Waals surface area contributed by atoms with E-state index in [9.17, 15) is 9.59 Å². The molecule has 5 rings (SSSR count). The van der Waals surface area contributed by atoms with Crippen molar-refractivity contribution in [3.8, 4) is 22.8 Å². The van der Waals surface area contributed by atoms with Crippen LogP contribution in [0.3, 0.4) is 0 Å². The van der Waals surface area contributed by atoms with Gasteiger partial charge >= 0.3 is 0 Å². The van der Waals surface area contributed by atoms with E-state index in [1.54, 1.807) is 26.4 Å². The summed E-state index contributed by atoms with van der Waals surface area (Å²) in [5.41, 5.74) is 7.85. The van der Waals surface area contributed by atoms with Crippen LogP contribution in [-0.2, 0) is 4.79 Å². The first kappa shape index (κ1) is 21.2. The molecule has 0 spiro atoms. The summed E-state index contributed by atoms with van der Waals surface area (Å²) in [6.45, 7) is 0. The number of hydrazine groups is 1. The number of amides is 2. The lowest BCUT2D eigenvalue weighted by Gasteiger charge is -2.21. The highest BCUT2D eigenvalue weighted by molar-refractivity contribution is 6.07. The van der Waals surface area contributed by atoms with Crippen LogP contribution in [0, 0.1) is 17.8 Å². The Morgan fingerprint density at radius 1 is 0.939 bits per heavy atom. The molecule has 7 nitrogen and oxygen atoms in total. The van der Waals surface area contributed by atoms with Gasteiger partial charge in [0.1, 0.15) is 0 Å². The number of pyridine rings is 1. The standard InChI is InChI=1S/C26H27N3O4/c1-32-23-10-9-17(13-24(23)33-2)22-14-20(18-5-3-4-6-21(18)27-22)26(31)29-28-25(30)19-12-15-7-8-16(19)11-15/h3-6,9-10,13-16,19H,7-8,11-12H2,1-2H3,(H,28,30)(H,29,31). The Balaban J connectivity index is 1.42. The summed E-state index contributed by atoms with van der Waals surface area (Å²) in [6, 6.07) is 14.7. The van der Waals surface area contributed by atoms with Gasteiger partial charge in [-0.2, -0.15) is 0 Å². The largest absolute Gasteiger partial charge is 0.493 e. The summed E-state index contributed by atoms with van der Waals surface area (Å²) in [5, 5.41) is 0.716. The van der Waals surface area contributed by atoms with Crippen molar-refractivity contribution in [2.24, 2.45) is 17.8 Å². The number of para-hydroxylation sites is 1. The third-order valence-electron chi connectivity index (χ3n) is 7.01. The Hall–Kier alpha value is -3.61. The number of nitrogens with one attached hydrogen (secondary N) is 2. The normalized spacial score (nSPS) is 21.1. The minimum absolute atomic E-state index is 0.000518. The molecule has 2 fully saturated rings. The zero-order chi connectivity index (χ0) is 22.9. The lowest BCUT2D eigenvalue weighted by molar-refractivity contribution is -0.127. The smallest absolute Gasteiger partial charge is 0.270 e. The van der Waals surface area contributed by atoms with E-state index in [0.29, 0.717) is 45.5 Å². The van der Waals surface area contributed by atoms with Gasteiger partial charge < -0.3 is 9.47 Å². The number of hydrogen-bond acceptors (Lipinski definition) is 5. The number of nitrogens with zero attached hydrogens (tertiary/aromatic N) is 1. The molecule has 0 saturated heterocycles. The molecule has 33 heavy (non-hydrogen) atoms. The van der Waals surface area contributed by atoms with Gasteiger partial charge in [0.05, 0.1) is 31.0 Å². The second-order valence-corrected chi connectivity index (χ2v) is 8.87. The number of ether oxygens (including phenoxy) is 2. The van der Waals surface area contributed by atoms with E-state index < -0.39 is 0 Å². The molecule has 170 valence electrons. The zero-order valence-electron chi connectivity index (χ0n) is 18.8. The molecule has 2 saturated carbocycles. The summed E-state index contributed by atoms with van der Waals surface area (Å²) in [5.74, 6) is 1.85. The van der Waals surface area contributed by atoms with Crippen molar-refractivity contribution >= 4 is 22.7 Å². The number of carbonyl (C=O) groups is 2. The first-order chi connectivity index (χ1) is 16.1. The molecule has 2 aliphatic rings. The molecule has 7 heteroatoms. The van der Waals surface area contributed by atoms with Crippen LogP contribution in [0.4, 0.5) is 0 Å². The highest BCUT2D eigenvalue weighted by Crippen LogP contribution is 2.48.